The van der Waals surface area contributed by atoms with Gasteiger partial charge in [0.2, 0.25) is 11.8 Å². The molecule has 9 nitrogen and oxygen atoms in total. The van der Waals surface area contributed by atoms with Crippen LogP contribution in [0.25, 0.3) is 11.3 Å². The number of anilines is 2. The number of carbonyl (C=O) groups is 2. The van der Waals surface area contributed by atoms with E-state index in [-0.39, 0.29) is 30.0 Å². The van der Waals surface area contributed by atoms with Crippen molar-refractivity contribution < 1.29 is 14.0 Å². The molecule has 1 fully saturated rings. The average molecular weight is 425 g/mol. The Labute approximate surface area is 179 Å². The fourth-order valence-electron chi connectivity index (χ4n) is 2.95. The molecule has 0 radical (unpaired) electrons. The molecule has 2 aromatic heterocycles. The molecular weight excluding hydrogens is 401 g/mol. The molecular formula is C21H24FN7O2. The van der Waals surface area contributed by atoms with Crippen LogP contribution in [0.2, 0.25) is 0 Å². The number of nitrogens with one attached hydrogen (secondary N) is 2. The molecule has 0 saturated heterocycles. The molecule has 2 N–H and O–H groups in total. The maximum absolute atomic E-state index is 12.6. The summed E-state index contributed by atoms with van der Waals surface area (Å²) < 4.78 is 12.6. The zero-order valence-corrected chi connectivity index (χ0v) is 17.4. The molecule has 3 rings (SSSR count). The third-order valence-electron chi connectivity index (χ3n) is 4.97. The minimum atomic E-state index is -0.633. The van der Waals surface area contributed by atoms with Gasteiger partial charge < -0.3 is 15.5 Å². The first-order valence-corrected chi connectivity index (χ1v) is 10.1. The van der Waals surface area contributed by atoms with Crippen LogP contribution in [-0.4, -0.2) is 58.0 Å². The van der Waals surface area contributed by atoms with Crippen molar-refractivity contribution in [1.82, 2.24) is 19.9 Å². The zero-order chi connectivity index (χ0) is 22.4. The van der Waals surface area contributed by atoms with Gasteiger partial charge in [0.05, 0.1) is 23.8 Å². The highest BCUT2D eigenvalue weighted by molar-refractivity contribution is 5.93. The van der Waals surface area contributed by atoms with Crippen LogP contribution in [-0.2, 0) is 9.59 Å². The Bertz CT molecular complexity index is 986. The molecule has 10 heteroatoms. The van der Waals surface area contributed by atoms with E-state index in [4.69, 9.17) is 0 Å². The molecule has 1 saturated carbocycles. The van der Waals surface area contributed by atoms with Crippen molar-refractivity contribution in [2.24, 2.45) is 5.92 Å². The molecule has 0 bridgehead atoms. The Hall–Kier alpha value is -3.61. The monoisotopic (exact) mass is 425 g/mol. The van der Waals surface area contributed by atoms with Gasteiger partial charge in [-0.25, -0.2) is 14.4 Å². The van der Waals surface area contributed by atoms with E-state index in [0.717, 1.165) is 12.8 Å². The SMILES string of the molecule is CCC(Nc1cc(-c2cnc(NC(=O)C3CC3)cn2)cnc1C#N)C(=O)N(C)CCF. The number of nitrogens with zero attached hydrogens (tertiary/aromatic N) is 5. The van der Waals surface area contributed by atoms with Gasteiger partial charge in [-0.2, -0.15) is 5.26 Å². The Morgan fingerprint density at radius 2 is 2.06 bits per heavy atom. The Morgan fingerprint density at radius 1 is 1.29 bits per heavy atom. The summed E-state index contributed by atoms with van der Waals surface area (Å²) in [7, 11) is 1.53. The molecule has 0 spiro atoms. The van der Waals surface area contributed by atoms with E-state index in [9.17, 15) is 19.2 Å². The lowest BCUT2D eigenvalue weighted by molar-refractivity contribution is -0.131. The topological polar surface area (TPSA) is 124 Å². The third-order valence-corrected chi connectivity index (χ3v) is 4.97. The summed E-state index contributed by atoms with van der Waals surface area (Å²) in [6.07, 6.45) is 6.70. The van der Waals surface area contributed by atoms with Gasteiger partial charge in [-0.05, 0) is 25.3 Å². The first-order valence-electron chi connectivity index (χ1n) is 10.1. The van der Waals surface area contributed by atoms with Crippen molar-refractivity contribution in [3.05, 3.63) is 30.4 Å². The molecule has 1 atom stereocenters. The van der Waals surface area contributed by atoms with Crippen molar-refractivity contribution in [1.29, 1.82) is 5.26 Å². The predicted octanol–water partition coefficient (Wildman–Crippen LogP) is 2.38. The van der Waals surface area contributed by atoms with Crippen molar-refractivity contribution in [2.45, 2.75) is 32.2 Å². The highest BCUT2D eigenvalue weighted by Crippen LogP contribution is 2.30. The predicted molar refractivity (Wildman–Crippen MR) is 113 cm³/mol. The van der Waals surface area contributed by atoms with E-state index in [1.807, 2.05) is 13.0 Å². The normalized spacial score (nSPS) is 13.7. The van der Waals surface area contributed by atoms with Crippen LogP contribution in [0, 0.1) is 17.2 Å². The number of aromatic nitrogens is 3. The van der Waals surface area contributed by atoms with E-state index in [1.54, 1.807) is 6.07 Å². The number of halogens is 1. The summed E-state index contributed by atoms with van der Waals surface area (Å²) >= 11 is 0. The summed E-state index contributed by atoms with van der Waals surface area (Å²) in [6, 6.07) is 3.04. The summed E-state index contributed by atoms with van der Waals surface area (Å²) in [5, 5.41) is 15.2. The molecule has 0 aliphatic heterocycles. The largest absolute Gasteiger partial charge is 0.371 e. The fraction of sp³-hybridized carbons (Fsp3) is 0.429. The van der Waals surface area contributed by atoms with E-state index in [1.165, 1.54) is 30.5 Å². The van der Waals surface area contributed by atoms with E-state index in [2.05, 4.69) is 25.6 Å². The van der Waals surface area contributed by atoms with Crippen molar-refractivity contribution in [3.63, 3.8) is 0 Å². The number of carbonyl (C=O) groups excluding carboxylic acids is 2. The first-order chi connectivity index (χ1) is 15.0. The highest BCUT2D eigenvalue weighted by atomic mass is 19.1. The van der Waals surface area contributed by atoms with E-state index < -0.39 is 12.7 Å². The first kappa shape index (κ1) is 22.1. The smallest absolute Gasteiger partial charge is 0.244 e. The lowest BCUT2D eigenvalue weighted by atomic mass is 10.1. The fourth-order valence-corrected chi connectivity index (χ4v) is 2.95. The molecule has 2 heterocycles. The van der Waals surface area contributed by atoms with Crippen LogP contribution < -0.4 is 10.6 Å². The molecule has 2 amide bonds. The minimum absolute atomic E-state index is 0.000364. The van der Waals surface area contributed by atoms with Crippen LogP contribution >= 0.6 is 0 Å². The minimum Gasteiger partial charge on any atom is -0.371 e. The maximum atomic E-state index is 12.6. The van der Waals surface area contributed by atoms with Crippen LogP contribution in [0.5, 0.6) is 0 Å². The van der Waals surface area contributed by atoms with Gasteiger partial charge in [0, 0.05) is 31.3 Å². The Balaban J connectivity index is 1.78. The van der Waals surface area contributed by atoms with Gasteiger partial charge in [0.25, 0.3) is 0 Å². The highest BCUT2D eigenvalue weighted by Gasteiger charge is 2.29. The molecule has 0 aromatic carbocycles. The van der Waals surface area contributed by atoms with Crippen LogP contribution in [0.15, 0.2) is 24.7 Å². The molecule has 1 aliphatic rings. The van der Waals surface area contributed by atoms with Gasteiger partial charge in [0.15, 0.2) is 11.5 Å². The molecule has 1 unspecified atom stereocenters. The molecule has 1 aliphatic carbocycles. The number of alkyl halides is 1. The molecule has 2 aromatic rings. The molecule has 162 valence electrons. The number of amides is 2. The van der Waals surface area contributed by atoms with E-state index in [0.29, 0.717) is 29.2 Å². The van der Waals surface area contributed by atoms with Crippen LogP contribution in [0.3, 0.4) is 0 Å². The van der Waals surface area contributed by atoms with Gasteiger partial charge in [0.1, 0.15) is 18.8 Å². The lowest BCUT2D eigenvalue weighted by Crippen LogP contribution is -2.41. The van der Waals surface area contributed by atoms with Crippen molar-refractivity contribution in [3.8, 4) is 17.3 Å². The van der Waals surface area contributed by atoms with Crippen molar-refractivity contribution in [2.75, 3.05) is 30.9 Å². The number of hydrogen-bond acceptors (Lipinski definition) is 7. The molecule has 31 heavy (non-hydrogen) atoms. The van der Waals surface area contributed by atoms with Gasteiger partial charge >= 0.3 is 0 Å². The number of pyridine rings is 1. The van der Waals surface area contributed by atoms with Gasteiger partial charge in [-0.3, -0.25) is 14.6 Å². The summed E-state index contributed by atoms with van der Waals surface area (Å²) in [4.78, 5) is 38.4. The summed E-state index contributed by atoms with van der Waals surface area (Å²) in [6.45, 7) is 1.19. The quantitative estimate of drug-likeness (QED) is 0.632. The number of hydrogen-bond donors (Lipinski definition) is 2. The second kappa shape index (κ2) is 9.93. The van der Waals surface area contributed by atoms with Crippen molar-refractivity contribution >= 4 is 23.3 Å². The average Bonchev–Trinajstić information content (AvgIpc) is 3.63. The van der Waals surface area contributed by atoms with Gasteiger partial charge in [-0.15, -0.1) is 0 Å². The lowest BCUT2D eigenvalue weighted by Gasteiger charge is -2.24. The Morgan fingerprint density at radius 3 is 2.65 bits per heavy atom. The Kier molecular flexibility index (Phi) is 7.07. The zero-order valence-electron chi connectivity index (χ0n) is 17.4. The number of likely N-dealkylation sites (N-methyl/N-ethyl adjacent to an activating group) is 1. The third kappa shape index (κ3) is 5.51. The van der Waals surface area contributed by atoms with E-state index >= 15 is 0 Å². The summed E-state index contributed by atoms with van der Waals surface area (Å²) in [5.41, 5.74) is 1.60. The second-order valence-electron chi connectivity index (χ2n) is 7.34. The van der Waals surface area contributed by atoms with Crippen LogP contribution in [0.1, 0.15) is 31.9 Å². The second-order valence-corrected chi connectivity index (χ2v) is 7.34. The maximum Gasteiger partial charge on any atom is 0.244 e. The van der Waals surface area contributed by atoms with Crippen LogP contribution in [0.4, 0.5) is 15.9 Å². The van der Waals surface area contributed by atoms with Gasteiger partial charge in [-0.1, -0.05) is 6.92 Å². The standard InChI is InChI=1S/C21H24FN7O2/c1-3-15(21(31)29(2)7-6-22)27-16-8-14(10-24-17(16)9-23)18-11-26-19(12-25-18)28-20(30)13-4-5-13/h8,10-13,15,27H,3-7H2,1-2H3,(H,26,28,30). The summed E-state index contributed by atoms with van der Waals surface area (Å²) in [5.74, 6) is 0.107. The number of nitriles is 1. The number of rotatable bonds is 9.